The lowest BCUT2D eigenvalue weighted by Crippen LogP contribution is -2.17. The summed E-state index contributed by atoms with van der Waals surface area (Å²) in [6.07, 6.45) is 4.16. The molecule has 1 aromatic heterocycles. The zero-order valence-electron chi connectivity index (χ0n) is 13.6. The maximum Gasteiger partial charge on any atom is 0.234 e. The smallest absolute Gasteiger partial charge is 0.234 e. The summed E-state index contributed by atoms with van der Waals surface area (Å²) in [7, 11) is 0. The van der Waals surface area contributed by atoms with Gasteiger partial charge in [0.25, 0.3) is 0 Å². The van der Waals surface area contributed by atoms with Crippen molar-refractivity contribution in [3.63, 3.8) is 0 Å². The summed E-state index contributed by atoms with van der Waals surface area (Å²) in [4.78, 5) is 12.0. The van der Waals surface area contributed by atoms with E-state index < -0.39 is 0 Å². The van der Waals surface area contributed by atoms with Gasteiger partial charge in [0.1, 0.15) is 0 Å². The van der Waals surface area contributed by atoms with Crippen molar-refractivity contribution in [3.05, 3.63) is 35.7 Å². The lowest BCUT2D eigenvalue weighted by Gasteiger charge is -2.06. The number of aryl methyl sites for hydroxylation is 2. The standard InChI is InChI=1S/C16H23N5OS/c1-3-4-5-6-14-19-20-16(21(14)17)23-11-15(22)18-13-9-7-12(2)8-10-13/h7-10H,3-6,11,17H2,1-2H3,(H,18,22). The number of aromatic nitrogens is 3. The Morgan fingerprint density at radius 2 is 2.00 bits per heavy atom. The number of nitrogens with zero attached hydrogens (tertiary/aromatic N) is 3. The Balaban J connectivity index is 1.83. The van der Waals surface area contributed by atoms with Gasteiger partial charge < -0.3 is 11.2 Å². The molecule has 0 aliphatic carbocycles. The van der Waals surface area contributed by atoms with Crippen LogP contribution in [-0.4, -0.2) is 26.5 Å². The van der Waals surface area contributed by atoms with E-state index in [4.69, 9.17) is 5.84 Å². The molecular formula is C16H23N5OS. The highest BCUT2D eigenvalue weighted by Gasteiger charge is 2.12. The van der Waals surface area contributed by atoms with Gasteiger partial charge in [0.05, 0.1) is 5.75 Å². The van der Waals surface area contributed by atoms with E-state index in [0.29, 0.717) is 5.16 Å². The average Bonchev–Trinajstić information content (AvgIpc) is 2.88. The van der Waals surface area contributed by atoms with Crippen molar-refractivity contribution in [1.29, 1.82) is 0 Å². The predicted molar refractivity (Wildman–Crippen MR) is 93.9 cm³/mol. The van der Waals surface area contributed by atoms with Crippen LogP contribution < -0.4 is 11.2 Å². The maximum absolute atomic E-state index is 12.0. The molecule has 0 atom stereocenters. The molecular weight excluding hydrogens is 310 g/mol. The summed E-state index contributed by atoms with van der Waals surface area (Å²) < 4.78 is 1.49. The van der Waals surface area contributed by atoms with Crippen LogP contribution >= 0.6 is 11.8 Å². The molecule has 0 saturated carbocycles. The Bertz CT molecular complexity index is 638. The number of hydrogen-bond donors (Lipinski definition) is 2. The monoisotopic (exact) mass is 333 g/mol. The number of unbranched alkanes of at least 4 members (excludes halogenated alkanes) is 2. The Hall–Kier alpha value is -2.02. The zero-order valence-corrected chi connectivity index (χ0v) is 14.4. The summed E-state index contributed by atoms with van der Waals surface area (Å²) in [5.41, 5.74) is 1.94. The second kappa shape index (κ2) is 8.57. The fourth-order valence-corrected chi connectivity index (χ4v) is 2.75. The van der Waals surface area contributed by atoms with E-state index >= 15 is 0 Å². The highest BCUT2D eigenvalue weighted by atomic mass is 32.2. The first kappa shape index (κ1) is 17.3. The molecule has 0 fully saturated rings. The SMILES string of the molecule is CCCCCc1nnc(SCC(=O)Nc2ccc(C)cc2)n1N. The minimum Gasteiger partial charge on any atom is -0.336 e. The molecule has 124 valence electrons. The summed E-state index contributed by atoms with van der Waals surface area (Å²) in [5.74, 6) is 6.90. The van der Waals surface area contributed by atoms with Gasteiger partial charge in [0.15, 0.2) is 5.82 Å². The molecule has 3 N–H and O–H groups in total. The molecule has 2 aromatic rings. The van der Waals surface area contributed by atoms with Crippen LogP contribution in [0.3, 0.4) is 0 Å². The normalized spacial score (nSPS) is 10.7. The molecule has 0 aliphatic heterocycles. The van der Waals surface area contributed by atoms with Crippen molar-refractivity contribution in [1.82, 2.24) is 14.9 Å². The largest absolute Gasteiger partial charge is 0.336 e. The zero-order chi connectivity index (χ0) is 16.7. The number of thioether (sulfide) groups is 1. The van der Waals surface area contributed by atoms with Crippen LogP contribution in [0.25, 0.3) is 0 Å². The minimum absolute atomic E-state index is 0.0885. The van der Waals surface area contributed by atoms with Gasteiger partial charge in [-0.05, 0) is 25.5 Å². The van der Waals surface area contributed by atoms with Crippen molar-refractivity contribution >= 4 is 23.4 Å². The molecule has 2 rings (SSSR count). The van der Waals surface area contributed by atoms with Gasteiger partial charge in [-0.15, -0.1) is 10.2 Å². The summed E-state index contributed by atoms with van der Waals surface area (Å²) in [6, 6.07) is 7.69. The van der Waals surface area contributed by atoms with Crippen molar-refractivity contribution in [2.24, 2.45) is 0 Å². The highest BCUT2D eigenvalue weighted by Crippen LogP contribution is 2.16. The predicted octanol–water partition coefficient (Wildman–Crippen LogP) is 2.76. The first-order chi connectivity index (χ1) is 11.1. The Morgan fingerprint density at radius 1 is 1.26 bits per heavy atom. The molecule has 0 unspecified atom stereocenters. The third kappa shape index (κ3) is 5.28. The Labute approximate surface area is 140 Å². The number of nitrogens with two attached hydrogens (primary N) is 1. The lowest BCUT2D eigenvalue weighted by molar-refractivity contribution is -0.113. The fourth-order valence-electron chi connectivity index (χ4n) is 2.07. The van der Waals surface area contributed by atoms with E-state index in [1.54, 1.807) is 0 Å². The van der Waals surface area contributed by atoms with Crippen LogP contribution in [0.1, 0.15) is 37.6 Å². The topological polar surface area (TPSA) is 85.8 Å². The van der Waals surface area contributed by atoms with Crippen molar-refractivity contribution < 1.29 is 4.79 Å². The minimum atomic E-state index is -0.0885. The molecule has 7 heteroatoms. The van der Waals surface area contributed by atoms with Crippen LogP contribution in [0.4, 0.5) is 5.69 Å². The average molecular weight is 333 g/mol. The highest BCUT2D eigenvalue weighted by molar-refractivity contribution is 7.99. The summed E-state index contributed by atoms with van der Waals surface area (Å²) >= 11 is 1.29. The van der Waals surface area contributed by atoms with Gasteiger partial charge in [-0.1, -0.05) is 49.2 Å². The van der Waals surface area contributed by atoms with Crippen molar-refractivity contribution in [3.8, 4) is 0 Å². The maximum atomic E-state index is 12.0. The number of carbonyl (C=O) groups is 1. The van der Waals surface area contributed by atoms with Gasteiger partial charge in [-0.25, -0.2) is 4.68 Å². The number of benzene rings is 1. The number of nitrogen functional groups attached to an aromatic ring is 1. The molecule has 0 bridgehead atoms. The van der Waals surface area contributed by atoms with E-state index in [2.05, 4.69) is 22.4 Å². The molecule has 1 heterocycles. The third-order valence-corrected chi connectivity index (χ3v) is 4.35. The molecule has 1 amide bonds. The Morgan fingerprint density at radius 3 is 2.70 bits per heavy atom. The molecule has 6 nitrogen and oxygen atoms in total. The summed E-state index contributed by atoms with van der Waals surface area (Å²) in [5, 5.41) is 11.6. The van der Waals surface area contributed by atoms with Gasteiger partial charge >= 0.3 is 0 Å². The number of anilines is 1. The van der Waals surface area contributed by atoms with Crippen LogP contribution in [0.15, 0.2) is 29.4 Å². The molecule has 1 aromatic carbocycles. The Kier molecular flexibility index (Phi) is 6.46. The van der Waals surface area contributed by atoms with Crippen LogP contribution in [0.2, 0.25) is 0 Å². The van der Waals surface area contributed by atoms with Gasteiger partial charge in [0.2, 0.25) is 11.1 Å². The third-order valence-electron chi connectivity index (χ3n) is 3.41. The lowest BCUT2D eigenvalue weighted by atomic mass is 10.2. The van der Waals surface area contributed by atoms with E-state index in [-0.39, 0.29) is 11.7 Å². The number of nitrogens with one attached hydrogen (secondary N) is 1. The van der Waals surface area contributed by atoms with Crippen LogP contribution in [-0.2, 0) is 11.2 Å². The molecule has 23 heavy (non-hydrogen) atoms. The van der Waals surface area contributed by atoms with Crippen molar-refractivity contribution in [2.75, 3.05) is 16.9 Å². The first-order valence-electron chi connectivity index (χ1n) is 7.79. The first-order valence-corrected chi connectivity index (χ1v) is 8.77. The van der Waals surface area contributed by atoms with E-state index in [1.807, 2.05) is 31.2 Å². The van der Waals surface area contributed by atoms with Crippen molar-refractivity contribution in [2.45, 2.75) is 44.7 Å². The van der Waals surface area contributed by atoms with Gasteiger partial charge in [0, 0.05) is 12.1 Å². The fraction of sp³-hybridized carbons (Fsp3) is 0.438. The van der Waals surface area contributed by atoms with Gasteiger partial charge in [-0.2, -0.15) is 0 Å². The van der Waals surface area contributed by atoms with Gasteiger partial charge in [-0.3, -0.25) is 4.79 Å². The quantitative estimate of drug-likeness (QED) is 0.441. The number of carbonyl (C=O) groups excluding carboxylic acids is 1. The number of rotatable bonds is 8. The van der Waals surface area contributed by atoms with Crippen LogP contribution in [0.5, 0.6) is 0 Å². The molecule has 0 spiro atoms. The molecule has 0 aliphatic rings. The van der Waals surface area contributed by atoms with E-state index in [0.717, 1.165) is 42.8 Å². The summed E-state index contributed by atoms with van der Waals surface area (Å²) in [6.45, 7) is 4.16. The second-order valence-electron chi connectivity index (χ2n) is 5.43. The molecule has 0 saturated heterocycles. The van der Waals surface area contributed by atoms with E-state index in [9.17, 15) is 4.79 Å². The number of hydrogen-bond acceptors (Lipinski definition) is 5. The van der Waals surface area contributed by atoms with Crippen LogP contribution in [0, 0.1) is 6.92 Å². The second-order valence-corrected chi connectivity index (χ2v) is 6.37. The molecule has 0 radical (unpaired) electrons. The van der Waals surface area contributed by atoms with E-state index in [1.165, 1.54) is 16.4 Å². The number of amides is 1.